The number of imide groups is 1. The van der Waals surface area contributed by atoms with Crippen LogP contribution in [0.25, 0.3) is 6.08 Å². The van der Waals surface area contributed by atoms with Crippen LogP contribution in [0.15, 0.2) is 45.8 Å². The molecule has 5 nitrogen and oxygen atoms in total. The number of carbonyl (C=O) groups is 2. The number of nitrogens with zero attached hydrogens (tertiary/aromatic N) is 1. The molecule has 0 spiro atoms. The molecule has 0 N–H and O–H groups in total. The first-order chi connectivity index (χ1) is 12.9. The Kier molecular flexibility index (Phi) is 5.86. The van der Waals surface area contributed by atoms with Gasteiger partial charge in [0, 0.05) is 5.56 Å². The van der Waals surface area contributed by atoms with Crippen LogP contribution in [0.3, 0.4) is 0 Å². The maximum absolute atomic E-state index is 13.8. The maximum Gasteiger partial charge on any atom is 0.293 e. The van der Waals surface area contributed by atoms with E-state index in [0.29, 0.717) is 21.5 Å². The van der Waals surface area contributed by atoms with Crippen molar-refractivity contribution in [2.24, 2.45) is 0 Å². The van der Waals surface area contributed by atoms with Gasteiger partial charge in [0.1, 0.15) is 5.82 Å². The fraction of sp³-hybridized carbons (Fsp3) is 0.158. The third kappa shape index (κ3) is 4.01. The van der Waals surface area contributed by atoms with Crippen LogP contribution in [0.4, 0.5) is 9.18 Å². The normalized spacial score (nSPS) is 15.6. The second kappa shape index (κ2) is 8.14. The molecular formula is C19H15BrFNO4S. The van der Waals surface area contributed by atoms with Crippen LogP contribution in [-0.4, -0.2) is 30.3 Å². The minimum absolute atomic E-state index is 0.107. The lowest BCUT2D eigenvalue weighted by Gasteiger charge is -2.13. The van der Waals surface area contributed by atoms with Gasteiger partial charge in [0.15, 0.2) is 11.5 Å². The highest BCUT2D eigenvalue weighted by Gasteiger charge is 2.35. The van der Waals surface area contributed by atoms with Gasteiger partial charge in [0.2, 0.25) is 0 Å². The van der Waals surface area contributed by atoms with E-state index >= 15 is 0 Å². The van der Waals surface area contributed by atoms with Crippen LogP contribution >= 0.6 is 27.7 Å². The third-order valence-electron chi connectivity index (χ3n) is 3.91. The smallest absolute Gasteiger partial charge is 0.293 e. The molecular weight excluding hydrogens is 437 g/mol. The van der Waals surface area contributed by atoms with Gasteiger partial charge in [-0.05, 0) is 57.5 Å². The average Bonchev–Trinajstić information content (AvgIpc) is 2.90. The molecule has 27 heavy (non-hydrogen) atoms. The quantitative estimate of drug-likeness (QED) is 0.608. The highest BCUT2D eigenvalue weighted by molar-refractivity contribution is 9.10. The number of hydrogen-bond donors (Lipinski definition) is 0. The van der Waals surface area contributed by atoms with Crippen molar-refractivity contribution in [3.8, 4) is 11.5 Å². The van der Waals surface area contributed by atoms with Gasteiger partial charge in [-0.3, -0.25) is 14.5 Å². The molecule has 1 saturated heterocycles. The van der Waals surface area contributed by atoms with Crippen molar-refractivity contribution >= 4 is 44.9 Å². The van der Waals surface area contributed by atoms with E-state index in [1.165, 1.54) is 20.3 Å². The zero-order valence-electron chi connectivity index (χ0n) is 14.5. The Morgan fingerprint density at radius 1 is 1.19 bits per heavy atom. The summed E-state index contributed by atoms with van der Waals surface area (Å²) in [6.45, 7) is -0.107. The van der Waals surface area contributed by atoms with Crippen LogP contribution in [0, 0.1) is 5.82 Å². The summed E-state index contributed by atoms with van der Waals surface area (Å²) in [5.74, 6) is 0.106. The summed E-state index contributed by atoms with van der Waals surface area (Å²) in [7, 11) is 3.03. The molecule has 1 heterocycles. The van der Waals surface area contributed by atoms with Crippen LogP contribution < -0.4 is 9.47 Å². The number of carbonyl (C=O) groups excluding carboxylic acids is 2. The Labute approximate surface area is 168 Å². The fourth-order valence-electron chi connectivity index (χ4n) is 2.61. The summed E-state index contributed by atoms with van der Waals surface area (Å²) in [5, 5.41) is -0.436. The Morgan fingerprint density at radius 2 is 1.93 bits per heavy atom. The lowest BCUT2D eigenvalue weighted by Crippen LogP contribution is -2.27. The molecule has 0 atom stereocenters. The van der Waals surface area contributed by atoms with Crippen molar-refractivity contribution in [1.82, 2.24) is 4.90 Å². The summed E-state index contributed by atoms with van der Waals surface area (Å²) >= 11 is 4.21. The first-order valence-electron chi connectivity index (χ1n) is 7.85. The number of amides is 2. The van der Waals surface area contributed by atoms with E-state index in [1.54, 1.807) is 36.4 Å². The minimum atomic E-state index is -0.459. The Bertz CT molecular complexity index is 947. The van der Waals surface area contributed by atoms with E-state index in [2.05, 4.69) is 15.9 Å². The SMILES string of the molecule is COc1cc(/C=C2/SC(=O)N(Cc3ccccc3F)C2=O)cc(Br)c1OC. The summed E-state index contributed by atoms with van der Waals surface area (Å²) in [6, 6.07) is 9.52. The molecule has 2 amide bonds. The number of thioether (sulfide) groups is 1. The molecule has 0 bridgehead atoms. The van der Waals surface area contributed by atoms with Gasteiger partial charge in [-0.25, -0.2) is 4.39 Å². The molecule has 0 radical (unpaired) electrons. The Balaban J connectivity index is 1.88. The Morgan fingerprint density at radius 3 is 2.59 bits per heavy atom. The first-order valence-corrected chi connectivity index (χ1v) is 9.46. The zero-order chi connectivity index (χ0) is 19.6. The molecule has 0 aliphatic carbocycles. The topological polar surface area (TPSA) is 55.8 Å². The van der Waals surface area contributed by atoms with Crippen molar-refractivity contribution in [2.45, 2.75) is 6.54 Å². The van der Waals surface area contributed by atoms with Gasteiger partial charge in [-0.1, -0.05) is 18.2 Å². The van der Waals surface area contributed by atoms with E-state index < -0.39 is 17.0 Å². The second-order valence-electron chi connectivity index (χ2n) is 5.60. The number of halogens is 2. The molecule has 8 heteroatoms. The van der Waals surface area contributed by atoms with Gasteiger partial charge >= 0.3 is 0 Å². The number of hydrogen-bond acceptors (Lipinski definition) is 5. The van der Waals surface area contributed by atoms with Crippen molar-refractivity contribution in [3.05, 3.63) is 62.7 Å². The lowest BCUT2D eigenvalue weighted by atomic mass is 10.1. The van der Waals surface area contributed by atoms with Crippen molar-refractivity contribution < 1.29 is 23.5 Å². The van der Waals surface area contributed by atoms with Gasteiger partial charge < -0.3 is 9.47 Å². The van der Waals surface area contributed by atoms with Crippen LogP contribution in [0.2, 0.25) is 0 Å². The standard InChI is InChI=1S/C19H15BrFNO4S/c1-25-15-8-11(7-13(20)17(15)26-2)9-16-18(23)22(19(24)27-16)10-12-5-3-4-6-14(12)21/h3-9H,10H2,1-2H3/b16-9+. The molecule has 1 aliphatic heterocycles. The van der Waals surface area contributed by atoms with Gasteiger partial charge in [0.25, 0.3) is 11.1 Å². The fourth-order valence-corrected chi connectivity index (χ4v) is 4.07. The number of ether oxygens (including phenoxy) is 2. The van der Waals surface area contributed by atoms with Crippen molar-refractivity contribution in [3.63, 3.8) is 0 Å². The monoisotopic (exact) mass is 451 g/mol. The lowest BCUT2D eigenvalue weighted by molar-refractivity contribution is -0.123. The predicted octanol–water partition coefficient (Wildman–Crippen LogP) is 4.84. The van der Waals surface area contributed by atoms with Crippen molar-refractivity contribution in [1.29, 1.82) is 0 Å². The highest BCUT2D eigenvalue weighted by atomic mass is 79.9. The second-order valence-corrected chi connectivity index (χ2v) is 7.45. The van der Waals surface area contributed by atoms with E-state index in [4.69, 9.17) is 9.47 Å². The molecule has 2 aromatic carbocycles. The van der Waals surface area contributed by atoms with Gasteiger partial charge in [0.05, 0.1) is 30.1 Å². The van der Waals surface area contributed by atoms with Crippen LogP contribution in [-0.2, 0) is 11.3 Å². The third-order valence-corrected chi connectivity index (χ3v) is 5.41. The minimum Gasteiger partial charge on any atom is -0.493 e. The van der Waals surface area contributed by atoms with Crippen molar-refractivity contribution in [2.75, 3.05) is 14.2 Å². The zero-order valence-corrected chi connectivity index (χ0v) is 16.9. The van der Waals surface area contributed by atoms with E-state index in [-0.39, 0.29) is 17.0 Å². The van der Waals surface area contributed by atoms with E-state index in [1.807, 2.05) is 0 Å². The number of methoxy groups -OCH3 is 2. The summed E-state index contributed by atoms with van der Waals surface area (Å²) in [4.78, 5) is 26.2. The number of rotatable bonds is 5. The molecule has 0 saturated carbocycles. The first kappa shape index (κ1) is 19.4. The van der Waals surface area contributed by atoms with Crippen LogP contribution in [0.5, 0.6) is 11.5 Å². The van der Waals surface area contributed by atoms with E-state index in [0.717, 1.165) is 16.7 Å². The average molecular weight is 452 g/mol. The molecule has 0 unspecified atom stereocenters. The molecule has 140 valence electrons. The van der Waals surface area contributed by atoms with Gasteiger partial charge in [-0.15, -0.1) is 0 Å². The van der Waals surface area contributed by atoms with E-state index in [9.17, 15) is 14.0 Å². The number of benzene rings is 2. The molecule has 1 fully saturated rings. The molecule has 0 aromatic heterocycles. The highest BCUT2D eigenvalue weighted by Crippen LogP contribution is 2.39. The van der Waals surface area contributed by atoms with Gasteiger partial charge in [-0.2, -0.15) is 0 Å². The summed E-state index contributed by atoms with van der Waals surface area (Å²) in [6.07, 6.45) is 1.60. The molecule has 2 aromatic rings. The summed E-state index contributed by atoms with van der Waals surface area (Å²) < 4.78 is 25.0. The molecule has 1 aliphatic rings. The molecule has 3 rings (SSSR count). The Hall–Kier alpha value is -2.32. The maximum atomic E-state index is 13.8. The predicted molar refractivity (Wildman–Crippen MR) is 105 cm³/mol. The summed E-state index contributed by atoms with van der Waals surface area (Å²) in [5.41, 5.74) is 0.950. The largest absolute Gasteiger partial charge is 0.493 e. The van der Waals surface area contributed by atoms with Crippen LogP contribution in [0.1, 0.15) is 11.1 Å².